The molecule has 2 heterocycles. The summed E-state index contributed by atoms with van der Waals surface area (Å²) in [7, 11) is 1.50. The number of halogens is 1. The molecule has 0 N–H and O–H groups in total. The number of hydrogen-bond donors (Lipinski definition) is 0. The molecule has 0 atom stereocenters. The molecule has 3 rings (SSSR count). The van der Waals surface area contributed by atoms with Crippen LogP contribution < -0.4 is 4.74 Å². The molecule has 0 unspecified atom stereocenters. The molecule has 0 amide bonds. The smallest absolute Gasteiger partial charge is 0.316 e. The number of nitrogens with zero attached hydrogens (tertiary/aromatic N) is 4. The monoisotopic (exact) mass is 288 g/mol. The minimum atomic E-state index is 0.277. The van der Waals surface area contributed by atoms with Crippen molar-refractivity contribution < 1.29 is 9.26 Å². The number of hydrogen-bond acceptors (Lipinski definition) is 6. The van der Waals surface area contributed by atoms with Gasteiger partial charge < -0.3 is 9.26 Å². The van der Waals surface area contributed by atoms with Gasteiger partial charge in [0.1, 0.15) is 0 Å². The summed E-state index contributed by atoms with van der Waals surface area (Å²) in [6.07, 6.45) is 3.10. The summed E-state index contributed by atoms with van der Waals surface area (Å²) >= 11 is 6.09. The maximum absolute atomic E-state index is 6.09. The Morgan fingerprint density at radius 1 is 1.15 bits per heavy atom. The fraction of sp³-hybridized carbons (Fsp3) is 0.0769. The zero-order valence-corrected chi connectivity index (χ0v) is 11.2. The molecule has 100 valence electrons. The third-order valence-electron chi connectivity index (χ3n) is 2.60. The van der Waals surface area contributed by atoms with E-state index < -0.39 is 0 Å². The number of rotatable bonds is 3. The Bertz CT molecular complexity index is 727. The number of ether oxygens (including phenoxy) is 1. The Morgan fingerprint density at radius 2 is 1.90 bits per heavy atom. The van der Waals surface area contributed by atoms with Gasteiger partial charge in [0, 0.05) is 18.0 Å². The Morgan fingerprint density at radius 3 is 2.60 bits per heavy atom. The molecule has 0 bridgehead atoms. The predicted octanol–water partition coefficient (Wildman–Crippen LogP) is 2.86. The van der Waals surface area contributed by atoms with E-state index >= 15 is 0 Å². The van der Waals surface area contributed by atoms with E-state index in [4.69, 9.17) is 20.9 Å². The van der Waals surface area contributed by atoms with Gasteiger partial charge in [0.25, 0.3) is 5.89 Å². The molecule has 0 aliphatic heterocycles. The van der Waals surface area contributed by atoms with Gasteiger partial charge >= 0.3 is 6.01 Å². The van der Waals surface area contributed by atoms with E-state index in [1.54, 1.807) is 18.5 Å². The molecule has 0 aliphatic carbocycles. The number of aromatic nitrogens is 4. The summed E-state index contributed by atoms with van der Waals surface area (Å²) in [5, 5.41) is 4.47. The average molecular weight is 289 g/mol. The molecule has 0 saturated heterocycles. The van der Waals surface area contributed by atoms with Crippen molar-refractivity contribution in [1.29, 1.82) is 0 Å². The highest BCUT2D eigenvalue weighted by Crippen LogP contribution is 2.27. The van der Waals surface area contributed by atoms with E-state index in [1.807, 2.05) is 18.2 Å². The van der Waals surface area contributed by atoms with Gasteiger partial charge in [-0.3, -0.25) is 0 Å². The third-order valence-corrected chi connectivity index (χ3v) is 2.93. The van der Waals surface area contributed by atoms with Crippen LogP contribution in [0.25, 0.3) is 22.8 Å². The first-order valence-electron chi connectivity index (χ1n) is 5.73. The maximum Gasteiger partial charge on any atom is 0.316 e. The lowest BCUT2D eigenvalue weighted by atomic mass is 10.2. The summed E-state index contributed by atoms with van der Waals surface area (Å²) in [6, 6.07) is 7.56. The zero-order valence-electron chi connectivity index (χ0n) is 10.4. The van der Waals surface area contributed by atoms with E-state index in [9.17, 15) is 0 Å². The molecule has 0 fully saturated rings. The minimum absolute atomic E-state index is 0.277. The molecule has 6 nitrogen and oxygen atoms in total. The summed E-state index contributed by atoms with van der Waals surface area (Å²) in [4.78, 5) is 12.3. The largest absolute Gasteiger partial charge is 0.467 e. The van der Waals surface area contributed by atoms with E-state index in [2.05, 4.69) is 20.1 Å². The minimum Gasteiger partial charge on any atom is -0.467 e. The molecular weight excluding hydrogens is 280 g/mol. The number of benzene rings is 1. The summed E-state index contributed by atoms with van der Waals surface area (Å²) in [5.41, 5.74) is 1.32. The van der Waals surface area contributed by atoms with Crippen molar-refractivity contribution in [2.24, 2.45) is 0 Å². The van der Waals surface area contributed by atoms with Crippen LogP contribution in [0.3, 0.4) is 0 Å². The lowest BCUT2D eigenvalue weighted by Gasteiger charge is -1.97. The lowest BCUT2D eigenvalue weighted by Crippen LogP contribution is -1.91. The SMILES string of the molecule is COc1ncc(-c2nc(-c3ccccc3Cl)no2)cn1. The molecule has 20 heavy (non-hydrogen) atoms. The third kappa shape index (κ3) is 2.33. The maximum atomic E-state index is 6.09. The average Bonchev–Trinajstić information content (AvgIpc) is 2.97. The Kier molecular flexibility index (Phi) is 3.30. The summed E-state index contributed by atoms with van der Waals surface area (Å²) in [5.74, 6) is 0.740. The van der Waals surface area contributed by atoms with Crippen LogP contribution in [0, 0.1) is 0 Å². The van der Waals surface area contributed by atoms with Crippen LogP contribution in [-0.2, 0) is 0 Å². The van der Waals surface area contributed by atoms with Crippen LogP contribution in [0.4, 0.5) is 0 Å². The van der Waals surface area contributed by atoms with Crippen LogP contribution in [-0.4, -0.2) is 27.2 Å². The first-order chi connectivity index (χ1) is 9.78. The molecule has 7 heteroatoms. The van der Waals surface area contributed by atoms with Crippen molar-refractivity contribution in [2.75, 3.05) is 7.11 Å². The lowest BCUT2D eigenvalue weighted by molar-refractivity contribution is 0.379. The fourth-order valence-electron chi connectivity index (χ4n) is 1.62. The van der Waals surface area contributed by atoms with Gasteiger partial charge in [0.05, 0.1) is 17.7 Å². The van der Waals surface area contributed by atoms with E-state index in [-0.39, 0.29) is 6.01 Å². The van der Waals surface area contributed by atoms with E-state index in [1.165, 1.54) is 7.11 Å². The standard InChI is InChI=1S/C13H9ClN4O2/c1-19-13-15-6-8(7-16-13)12-17-11(18-20-12)9-4-2-3-5-10(9)14/h2-7H,1H3. The number of methoxy groups -OCH3 is 1. The topological polar surface area (TPSA) is 73.9 Å². The van der Waals surface area contributed by atoms with Crippen molar-refractivity contribution in [2.45, 2.75) is 0 Å². The predicted molar refractivity (Wildman–Crippen MR) is 72.3 cm³/mol. The van der Waals surface area contributed by atoms with Crippen LogP contribution in [0.2, 0.25) is 5.02 Å². The van der Waals surface area contributed by atoms with Crippen LogP contribution >= 0.6 is 11.6 Å². The van der Waals surface area contributed by atoms with Crippen molar-refractivity contribution in [3.05, 3.63) is 41.7 Å². The molecule has 0 aliphatic rings. The van der Waals surface area contributed by atoms with Crippen molar-refractivity contribution >= 4 is 11.6 Å². The van der Waals surface area contributed by atoms with Crippen molar-refractivity contribution in [1.82, 2.24) is 20.1 Å². The van der Waals surface area contributed by atoms with Crippen LogP contribution in [0.15, 0.2) is 41.2 Å². The van der Waals surface area contributed by atoms with Crippen LogP contribution in [0.5, 0.6) is 6.01 Å². The van der Waals surface area contributed by atoms with Crippen molar-refractivity contribution in [3.8, 4) is 28.9 Å². The van der Waals surface area contributed by atoms with Gasteiger partial charge in [-0.05, 0) is 12.1 Å². The highest BCUT2D eigenvalue weighted by Gasteiger charge is 2.13. The normalized spacial score (nSPS) is 10.5. The molecule has 3 aromatic rings. The van der Waals surface area contributed by atoms with E-state index in [0.29, 0.717) is 27.9 Å². The summed E-state index contributed by atoms with van der Waals surface area (Å²) in [6.45, 7) is 0. The Hall–Kier alpha value is -2.47. The van der Waals surface area contributed by atoms with Gasteiger partial charge in [-0.2, -0.15) is 4.98 Å². The van der Waals surface area contributed by atoms with Gasteiger partial charge in [0.2, 0.25) is 5.82 Å². The molecule has 2 aromatic heterocycles. The second-order valence-corrected chi connectivity index (χ2v) is 4.27. The van der Waals surface area contributed by atoms with Crippen LogP contribution in [0.1, 0.15) is 0 Å². The first kappa shape index (κ1) is 12.6. The quantitative estimate of drug-likeness (QED) is 0.738. The second kappa shape index (κ2) is 5.26. The molecular formula is C13H9ClN4O2. The fourth-order valence-corrected chi connectivity index (χ4v) is 1.84. The molecule has 0 radical (unpaired) electrons. The van der Waals surface area contributed by atoms with Gasteiger partial charge in [-0.15, -0.1) is 0 Å². The Balaban J connectivity index is 1.95. The molecule has 0 saturated carbocycles. The summed E-state index contributed by atoms with van der Waals surface area (Å²) < 4.78 is 10.1. The van der Waals surface area contributed by atoms with Gasteiger partial charge in [-0.25, -0.2) is 9.97 Å². The van der Waals surface area contributed by atoms with Crippen molar-refractivity contribution in [3.63, 3.8) is 0 Å². The first-order valence-corrected chi connectivity index (χ1v) is 6.11. The highest BCUT2D eigenvalue weighted by atomic mass is 35.5. The Labute approximate surface area is 119 Å². The zero-order chi connectivity index (χ0) is 13.9. The van der Waals surface area contributed by atoms with Gasteiger partial charge in [-0.1, -0.05) is 28.9 Å². The van der Waals surface area contributed by atoms with Gasteiger partial charge in [0.15, 0.2) is 0 Å². The molecule has 0 spiro atoms. The highest BCUT2D eigenvalue weighted by molar-refractivity contribution is 6.33. The van der Waals surface area contributed by atoms with E-state index in [0.717, 1.165) is 0 Å². The molecule has 1 aromatic carbocycles. The second-order valence-electron chi connectivity index (χ2n) is 3.86.